The first-order chi connectivity index (χ1) is 16.3. The molecule has 1 fully saturated rings. The highest BCUT2D eigenvalue weighted by Crippen LogP contribution is 2.45. The number of benzene rings is 2. The third-order valence-corrected chi connectivity index (χ3v) is 6.40. The second-order valence-corrected chi connectivity index (χ2v) is 8.24. The maximum atomic E-state index is 13.5. The number of anilines is 3. The number of carbonyl (C=O) groups is 1. The van der Waals surface area contributed by atoms with Crippen LogP contribution in [0.3, 0.4) is 0 Å². The van der Waals surface area contributed by atoms with Crippen LogP contribution in [0.5, 0.6) is 0 Å². The van der Waals surface area contributed by atoms with E-state index >= 15 is 0 Å². The van der Waals surface area contributed by atoms with E-state index in [1.54, 1.807) is 0 Å². The molecule has 2 aromatic heterocycles. The number of ketones is 1. The van der Waals surface area contributed by atoms with Crippen molar-refractivity contribution in [2.45, 2.75) is 0 Å². The molecule has 4 aromatic rings. The Kier molecular flexibility index (Phi) is 4.73. The molecule has 1 aliphatic heterocycles. The lowest BCUT2D eigenvalue weighted by atomic mass is 9.86. The molecule has 0 unspecified atom stereocenters. The van der Waals surface area contributed by atoms with Gasteiger partial charge in [0, 0.05) is 55.7 Å². The van der Waals surface area contributed by atoms with Crippen molar-refractivity contribution in [3.63, 3.8) is 0 Å². The first-order valence-electron chi connectivity index (χ1n) is 11.1. The number of rotatable bonds is 5. The Bertz CT molecular complexity index is 1340. The molecule has 0 saturated carbocycles. The van der Waals surface area contributed by atoms with Crippen molar-refractivity contribution < 1.29 is 14.4 Å². The van der Waals surface area contributed by atoms with Gasteiger partial charge in [0.25, 0.3) is 0 Å². The minimum absolute atomic E-state index is 0.0309. The van der Waals surface area contributed by atoms with E-state index in [2.05, 4.69) is 25.3 Å². The summed E-state index contributed by atoms with van der Waals surface area (Å²) >= 11 is 0. The summed E-state index contributed by atoms with van der Waals surface area (Å²) in [5, 5.41) is 17.8. The van der Waals surface area contributed by atoms with E-state index in [-0.39, 0.29) is 12.4 Å². The van der Waals surface area contributed by atoms with Gasteiger partial charge in [0.15, 0.2) is 11.5 Å². The van der Waals surface area contributed by atoms with Crippen LogP contribution in [0.2, 0.25) is 0 Å². The highest BCUT2D eigenvalue weighted by Gasteiger charge is 2.34. The molecular formula is C25H23N5O3. The Labute approximate surface area is 190 Å². The second kappa shape index (κ2) is 7.90. The monoisotopic (exact) mass is 441 g/mol. The number of aliphatic hydroxyl groups is 1. The second-order valence-electron chi connectivity index (χ2n) is 8.24. The Morgan fingerprint density at radius 2 is 1.76 bits per heavy atom. The van der Waals surface area contributed by atoms with Crippen molar-refractivity contribution in [3.8, 4) is 11.3 Å². The molecule has 1 saturated heterocycles. The fourth-order valence-electron chi connectivity index (χ4n) is 4.83. The Morgan fingerprint density at radius 1 is 1.00 bits per heavy atom. The molecular weight excluding hydrogens is 418 g/mol. The number of nitrogens with zero attached hydrogens (tertiary/aromatic N) is 4. The molecule has 3 heterocycles. The van der Waals surface area contributed by atoms with Gasteiger partial charge in [-0.3, -0.25) is 4.79 Å². The SMILES string of the molecule is O=C1c2ccccc2-c2onc3c(N4CCN(c5ccccn5)CC4)cc(NCCO)c1c23. The summed E-state index contributed by atoms with van der Waals surface area (Å²) in [5.41, 5.74) is 4.25. The number of carbonyl (C=O) groups excluding carboxylic acids is 1. The van der Waals surface area contributed by atoms with Gasteiger partial charge in [-0.2, -0.15) is 0 Å². The molecule has 0 bridgehead atoms. The summed E-state index contributed by atoms with van der Waals surface area (Å²) in [6, 6.07) is 15.4. The minimum Gasteiger partial charge on any atom is -0.395 e. The maximum absolute atomic E-state index is 13.5. The summed E-state index contributed by atoms with van der Waals surface area (Å²) in [6.07, 6.45) is 1.81. The lowest BCUT2D eigenvalue weighted by Crippen LogP contribution is -2.47. The number of hydrogen-bond donors (Lipinski definition) is 2. The van der Waals surface area contributed by atoms with Crippen molar-refractivity contribution in [3.05, 3.63) is 65.9 Å². The van der Waals surface area contributed by atoms with E-state index in [1.165, 1.54) is 0 Å². The summed E-state index contributed by atoms with van der Waals surface area (Å²) in [6.45, 7) is 3.55. The van der Waals surface area contributed by atoms with Crippen molar-refractivity contribution in [2.75, 3.05) is 54.4 Å². The van der Waals surface area contributed by atoms with Gasteiger partial charge in [-0.05, 0) is 18.2 Å². The average molecular weight is 441 g/mol. The average Bonchev–Trinajstić information content (AvgIpc) is 3.32. The molecule has 2 aliphatic rings. The van der Waals surface area contributed by atoms with Crippen LogP contribution in [0.4, 0.5) is 17.2 Å². The lowest BCUT2D eigenvalue weighted by molar-refractivity contribution is 0.104. The third-order valence-electron chi connectivity index (χ3n) is 6.40. The van der Waals surface area contributed by atoms with Crippen LogP contribution < -0.4 is 15.1 Å². The standard InChI is InChI=1S/C25H23N5O3/c31-14-9-26-18-15-19(29-10-12-30(13-11-29)20-7-3-4-8-27-20)23-22-21(18)24(32)16-5-1-2-6-17(16)25(22)33-28-23/h1-8,15,26,31H,9-14H2. The van der Waals surface area contributed by atoms with Gasteiger partial charge in [0.1, 0.15) is 11.3 Å². The molecule has 8 heteroatoms. The van der Waals surface area contributed by atoms with E-state index in [1.807, 2.05) is 54.7 Å². The maximum Gasteiger partial charge on any atom is 0.196 e. The molecule has 6 rings (SSSR count). The zero-order valence-corrected chi connectivity index (χ0v) is 18.0. The van der Waals surface area contributed by atoms with Crippen LogP contribution in [0.25, 0.3) is 22.2 Å². The number of aliphatic hydroxyl groups excluding tert-OH is 1. The normalized spacial score (nSPS) is 15.1. The van der Waals surface area contributed by atoms with Gasteiger partial charge >= 0.3 is 0 Å². The summed E-state index contributed by atoms with van der Waals surface area (Å²) in [5.74, 6) is 1.54. The number of pyridine rings is 1. The number of aromatic nitrogens is 2. The predicted molar refractivity (Wildman–Crippen MR) is 127 cm³/mol. The molecule has 0 atom stereocenters. The molecule has 33 heavy (non-hydrogen) atoms. The molecule has 8 nitrogen and oxygen atoms in total. The summed E-state index contributed by atoms with van der Waals surface area (Å²) in [7, 11) is 0. The van der Waals surface area contributed by atoms with Crippen molar-refractivity contribution in [1.82, 2.24) is 10.1 Å². The molecule has 0 spiro atoms. The zero-order valence-electron chi connectivity index (χ0n) is 18.0. The van der Waals surface area contributed by atoms with E-state index in [9.17, 15) is 9.90 Å². The largest absolute Gasteiger partial charge is 0.395 e. The minimum atomic E-state index is -0.0572. The van der Waals surface area contributed by atoms with Gasteiger partial charge in [0.05, 0.1) is 23.2 Å². The first-order valence-corrected chi connectivity index (χ1v) is 11.1. The molecule has 2 N–H and O–H groups in total. The highest BCUT2D eigenvalue weighted by atomic mass is 16.5. The molecule has 0 amide bonds. The summed E-state index contributed by atoms with van der Waals surface area (Å²) in [4.78, 5) is 22.5. The Hall–Kier alpha value is -3.91. The third kappa shape index (κ3) is 3.14. The van der Waals surface area contributed by atoms with E-state index < -0.39 is 0 Å². The summed E-state index contributed by atoms with van der Waals surface area (Å²) < 4.78 is 5.83. The van der Waals surface area contributed by atoms with E-state index in [4.69, 9.17) is 4.52 Å². The molecule has 166 valence electrons. The van der Waals surface area contributed by atoms with E-state index in [0.717, 1.165) is 48.6 Å². The number of hydrogen-bond acceptors (Lipinski definition) is 8. The smallest absolute Gasteiger partial charge is 0.196 e. The molecule has 0 radical (unpaired) electrons. The van der Waals surface area contributed by atoms with Crippen LogP contribution >= 0.6 is 0 Å². The van der Waals surface area contributed by atoms with Crippen LogP contribution in [0.1, 0.15) is 15.9 Å². The number of piperazine rings is 1. The quantitative estimate of drug-likeness (QED) is 0.430. The van der Waals surface area contributed by atoms with Gasteiger partial charge in [-0.15, -0.1) is 0 Å². The molecule has 2 aromatic carbocycles. The Balaban J connectivity index is 1.43. The fraction of sp³-hybridized carbons (Fsp3) is 0.240. The number of fused-ring (bicyclic) bond motifs is 2. The predicted octanol–water partition coefficient (Wildman–Crippen LogP) is 3.17. The first kappa shape index (κ1) is 19.8. The van der Waals surface area contributed by atoms with Crippen LogP contribution in [-0.2, 0) is 0 Å². The van der Waals surface area contributed by atoms with Gasteiger partial charge in [-0.25, -0.2) is 4.98 Å². The highest BCUT2D eigenvalue weighted by molar-refractivity contribution is 6.28. The van der Waals surface area contributed by atoms with Crippen molar-refractivity contribution >= 4 is 33.9 Å². The molecule has 1 aliphatic carbocycles. The van der Waals surface area contributed by atoms with Gasteiger partial charge in [-0.1, -0.05) is 35.5 Å². The van der Waals surface area contributed by atoms with Crippen LogP contribution in [-0.4, -0.2) is 60.4 Å². The van der Waals surface area contributed by atoms with Crippen LogP contribution in [0.15, 0.2) is 59.3 Å². The number of nitrogens with one attached hydrogen (secondary N) is 1. The van der Waals surface area contributed by atoms with Gasteiger partial charge < -0.3 is 24.7 Å². The van der Waals surface area contributed by atoms with Crippen LogP contribution in [0, 0.1) is 0 Å². The zero-order chi connectivity index (χ0) is 22.4. The van der Waals surface area contributed by atoms with Gasteiger partial charge in [0.2, 0.25) is 0 Å². The van der Waals surface area contributed by atoms with Crippen molar-refractivity contribution in [1.29, 1.82) is 0 Å². The lowest BCUT2D eigenvalue weighted by Gasteiger charge is -2.37. The topological polar surface area (TPSA) is 94.7 Å². The fourth-order valence-corrected chi connectivity index (χ4v) is 4.83. The van der Waals surface area contributed by atoms with Crippen molar-refractivity contribution in [2.24, 2.45) is 0 Å². The van der Waals surface area contributed by atoms with E-state index in [0.29, 0.717) is 34.6 Å². The Morgan fingerprint density at radius 3 is 2.52 bits per heavy atom.